The normalized spacial score (nSPS) is 9.95. The first-order valence-electron chi connectivity index (χ1n) is 5.93. The van der Waals surface area contributed by atoms with Crippen LogP contribution in [0.3, 0.4) is 0 Å². The van der Waals surface area contributed by atoms with Gasteiger partial charge in [-0.2, -0.15) is 0 Å². The SMILES string of the molecule is C[n+]1ccc(Oc2ccc3ccccc3c2)cc1.[I-]. The lowest BCUT2D eigenvalue weighted by atomic mass is 10.1. The first kappa shape index (κ1) is 13.8. The third kappa shape index (κ3) is 3.23. The number of nitrogens with zero attached hydrogens (tertiary/aromatic N) is 1. The van der Waals surface area contributed by atoms with Gasteiger partial charge in [0.05, 0.1) is 0 Å². The summed E-state index contributed by atoms with van der Waals surface area (Å²) in [4.78, 5) is 0. The molecule has 0 saturated carbocycles. The second-order valence-electron chi connectivity index (χ2n) is 4.31. The van der Waals surface area contributed by atoms with Crippen LogP contribution in [0.15, 0.2) is 67.0 Å². The van der Waals surface area contributed by atoms with Gasteiger partial charge >= 0.3 is 0 Å². The van der Waals surface area contributed by atoms with Crippen LogP contribution in [-0.2, 0) is 7.05 Å². The van der Waals surface area contributed by atoms with E-state index in [1.165, 1.54) is 10.8 Å². The molecule has 19 heavy (non-hydrogen) atoms. The predicted octanol–water partition coefficient (Wildman–Crippen LogP) is 0.461. The Balaban J connectivity index is 0.00000133. The molecule has 3 heteroatoms. The van der Waals surface area contributed by atoms with Crippen molar-refractivity contribution >= 4 is 10.8 Å². The molecule has 0 N–H and O–H groups in total. The molecular weight excluding hydrogens is 349 g/mol. The van der Waals surface area contributed by atoms with Crippen LogP contribution in [0.2, 0.25) is 0 Å². The second kappa shape index (κ2) is 6.02. The third-order valence-corrected chi connectivity index (χ3v) is 2.90. The molecule has 96 valence electrons. The molecule has 2 nitrogen and oxygen atoms in total. The minimum absolute atomic E-state index is 0. The van der Waals surface area contributed by atoms with Crippen LogP contribution in [0.5, 0.6) is 11.5 Å². The summed E-state index contributed by atoms with van der Waals surface area (Å²) >= 11 is 0. The maximum absolute atomic E-state index is 5.83. The topological polar surface area (TPSA) is 13.1 Å². The summed E-state index contributed by atoms with van der Waals surface area (Å²) in [5.74, 6) is 1.71. The molecule has 0 amide bonds. The Morgan fingerprint density at radius 2 is 1.47 bits per heavy atom. The van der Waals surface area contributed by atoms with E-state index in [0.717, 1.165) is 11.5 Å². The van der Waals surface area contributed by atoms with Crippen molar-refractivity contribution < 1.29 is 33.3 Å². The molecule has 1 heterocycles. The summed E-state index contributed by atoms with van der Waals surface area (Å²) in [6.07, 6.45) is 3.94. The minimum atomic E-state index is 0. The Labute approximate surface area is 129 Å². The highest BCUT2D eigenvalue weighted by atomic mass is 127. The van der Waals surface area contributed by atoms with Gasteiger partial charge in [0.25, 0.3) is 0 Å². The first-order valence-corrected chi connectivity index (χ1v) is 5.93. The maximum Gasteiger partial charge on any atom is 0.172 e. The van der Waals surface area contributed by atoms with Gasteiger partial charge in [0, 0.05) is 12.1 Å². The standard InChI is InChI=1S/C16H14NO.HI/c1-17-10-8-15(9-11-17)18-16-7-6-13-4-2-3-5-14(13)12-16;/h2-12H,1H3;1H/q+1;/p-1. The van der Waals surface area contributed by atoms with E-state index in [1.807, 2.05) is 54.3 Å². The highest BCUT2D eigenvalue weighted by Crippen LogP contribution is 2.24. The van der Waals surface area contributed by atoms with E-state index in [4.69, 9.17) is 4.74 Å². The first-order chi connectivity index (χ1) is 8.81. The smallest absolute Gasteiger partial charge is 0.172 e. The van der Waals surface area contributed by atoms with Gasteiger partial charge in [-0.25, -0.2) is 4.57 Å². The second-order valence-corrected chi connectivity index (χ2v) is 4.31. The zero-order valence-electron chi connectivity index (χ0n) is 10.6. The monoisotopic (exact) mass is 363 g/mol. The Hall–Kier alpha value is -1.62. The van der Waals surface area contributed by atoms with Crippen LogP contribution in [-0.4, -0.2) is 0 Å². The van der Waals surface area contributed by atoms with Crippen molar-refractivity contribution in [3.63, 3.8) is 0 Å². The maximum atomic E-state index is 5.83. The summed E-state index contributed by atoms with van der Waals surface area (Å²) < 4.78 is 7.81. The molecule has 0 bridgehead atoms. The highest BCUT2D eigenvalue weighted by Gasteiger charge is 2.00. The average molecular weight is 363 g/mol. The van der Waals surface area contributed by atoms with Crippen molar-refractivity contribution in [2.45, 2.75) is 0 Å². The summed E-state index contributed by atoms with van der Waals surface area (Å²) in [6.45, 7) is 0. The summed E-state index contributed by atoms with van der Waals surface area (Å²) in [6, 6.07) is 18.3. The van der Waals surface area contributed by atoms with Crippen molar-refractivity contribution in [2.75, 3.05) is 0 Å². The Morgan fingerprint density at radius 3 is 2.21 bits per heavy atom. The number of aromatic nitrogens is 1. The van der Waals surface area contributed by atoms with Crippen LogP contribution in [0, 0.1) is 0 Å². The van der Waals surface area contributed by atoms with Crippen LogP contribution >= 0.6 is 0 Å². The molecule has 0 atom stereocenters. The van der Waals surface area contributed by atoms with Gasteiger partial charge in [0.1, 0.15) is 18.5 Å². The van der Waals surface area contributed by atoms with E-state index in [2.05, 4.69) is 24.3 Å². The van der Waals surface area contributed by atoms with Crippen molar-refractivity contribution in [2.24, 2.45) is 7.05 Å². The third-order valence-electron chi connectivity index (χ3n) is 2.90. The summed E-state index contributed by atoms with van der Waals surface area (Å²) in [5, 5.41) is 2.42. The van der Waals surface area contributed by atoms with Gasteiger partial charge < -0.3 is 28.7 Å². The number of ether oxygens (including phenoxy) is 1. The zero-order chi connectivity index (χ0) is 12.4. The molecule has 3 aromatic rings. The Bertz CT molecular complexity index is 680. The van der Waals surface area contributed by atoms with E-state index in [1.54, 1.807) is 0 Å². The lowest BCUT2D eigenvalue weighted by molar-refractivity contribution is -0.671. The van der Waals surface area contributed by atoms with Gasteiger partial charge in [0.15, 0.2) is 12.4 Å². The predicted molar refractivity (Wildman–Crippen MR) is 71.6 cm³/mol. The molecule has 0 fully saturated rings. The zero-order valence-corrected chi connectivity index (χ0v) is 12.7. The average Bonchev–Trinajstić information content (AvgIpc) is 2.41. The van der Waals surface area contributed by atoms with Crippen LogP contribution in [0.1, 0.15) is 0 Å². The minimum Gasteiger partial charge on any atom is -1.00 e. The van der Waals surface area contributed by atoms with Crippen LogP contribution in [0.4, 0.5) is 0 Å². The number of hydrogen-bond acceptors (Lipinski definition) is 1. The van der Waals surface area contributed by atoms with Crippen molar-refractivity contribution in [1.82, 2.24) is 0 Å². The van der Waals surface area contributed by atoms with Gasteiger partial charge in [0.2, 0.25) is 0 Å². The fourth-order valence-corrected chi connectivity index (χ4v) is 1.92. The van der Waals surface area contributed by atoms with Crippen molar-refractivity contribution in [3.8, 4) is 11.5 Å². The van der Waals surface area contributed by atoms with Gasteiger partial charge in [-0.1, -0.05) is 30.3 Å². The highest BCUT2D eigenvalue weighted by molar-refractivity contribution is 5.83. The van der Waals surface area contributed by atoms with E-state index in [-0.39, 0.29) is 24.0 Å². The summed E-state index contributed by atoms with van der Waals surface area (Å²) in [7, 11) is 1.99. The van der Waals surface area contributed by atoms with Crippen LogP contribution in [0.25, 0.3) is 10.8 Å². The van der Waals surface area contributed by atoms with Gasteiger partial charge in [-0.15, -0.1) is 0 Å². The molecule has 0 unspecified atom stereocenters. The number of pyridine rings is 1. The molecular formula is C16H14INO. The largest absolute Gasteiger partial charge is 1.00 e. The molecule has 1 aromatic heterocycles. The number of fused-ring (bicyclic) bond motifs is 1. The van der Waals surface area contributed by atoms with E-state index in [0.29, 0.717) is 0 Å². The number of halogens is 1. The fourth-order valence-electron chi connectivity index (χ4n) is 1.92. The molecule has 0 aliphatic rings. The van der Waals surface area contributed by atoms with E-state index < -0.39 is 0 Å². The molecule has 3 rings (SSSR count). The number of aryl methyl sites for hydroxylation is 1. The Morgan fingerprint density at radius 1 is 0.789 bits per heavy atom. The lowest BCUT2D eigenvalue weighted by Gasteiger charge is -2.05. The molecule has 0 aliphatic heterocycles. The molecule has 0 radical (unpaired) electrons. The van der Waals surface area contributed by atoms with Crippen LogP contribution < -0.4 is 33.3 Å². The number of hydrogen-bond donors (Lipinski definition) is 0. The van der Waals surface area contributed by atoms with E-state index >= 15 is 0 Å². The number of rotatable bonds is 2. The molecule has 0 saturated heterocycles. The Kier molecular flexibility index (Phi) is 4.37. The molecule has 2 aromatic carbocycles. The fraction of sp³-hybridized carbons (Fsp3) is 0.0625. The van der Waals surface area contributed by atoms with Gasteiger partial charge in [-0.05, 0) is 22.9 Å². The number of benzene rings is 2. The van der Waals surface area contributed by atoms with E-state index in [9.17, 15) is 0 Å². The lowest BCUT2D eigenvalue weighted by Crippen LogP contribution is -3.00. The quantitative estimate of drug-likeness (QED) is 0.477. The van der Waals surface area contributed by atoms with Crippen molar-refractivity contribution in [3.05, 3.63) is 67.0 Å². The van der Waals surface area contributed by atoms with Crippen molar-refractivity contribution in [1.29, 1.82) is 0 Å². The van der Waals surface area contributed by atoms with Gasteiger partial charge in [-0.3, -0.25) is 0 Å². The molecule has 0 spiro atoms. The molecule has 0 aliphatic carbocycles. The summed E-state index contributed by atoms with van der Waals surface area (Å²) in [5.41, 5.74) is 0.